The lowest BCUT2D eigenvalue weighted by molar-refractivity contribution is -0.140. The first-order chi connectivity index (χ1) is 14.6. The molecule has 2 atom stereocenters. The third-order valence-corrected chi connectivity index (χ3v) is 8.28. The largest absolute Gasteiger partial charge is 0.321 e. The lowest BCUT2D eigenvalue weighted by atomic mass is 9.92. The summed E-state index contributed by atoms with van der Waals surface area (Å²) < 4.78 is 28.8. The van der Waals surface area contributed by atoms with Crippen LogP contribution in [0.15, 0.2) is 47.4 Å². The van der Waals surface area contributed by atoms with Gasteiger partial charge in [-0.1, -0.05) is 63.4 Å². The molecule has 0 aliphatic heterocycles. The van der Waals surface area contributed by atoms with Crippen LogP contribution in [0.3, 0.4) is 0 Å². The number of fused-ring (bicyclic) bond motifs is 1. The Morgan fingerprint density at radius 3 is 2.16 bits per heavy atom. The van der Waals surface area contributed by atoms with Crippen LogP contribution in [0.2, 0.25) is 0 Å². The Balaban J connectivity index is 2.02. The summed E-state index contributed by atoms with van der Waals surface area (Å²) in [4.78, 5) is 25.8. The minimum atomic E-state index is -4.00. The van der Waals surface area contributed by atoms with Gasteiger partial charge in [-0.15, -0.1) is 0 Å². The number of rotatable bonds is 8. The summed E-state index contributed by atoms with van der Waals surface area (Å²) in [5.74, 6) is -1.66. The maximum Gasteiger partial charge on any atom is 0.244 e. The van der Waals surface area contributed by atoms with Crippen molar-refractivity contribution in [2.75, 3.05) is 0 Å². The molecule has 2 N–H and O–H groups in total. The predicted molar refractivity (Wildman–Crippen MR) is 122 cm³/mol. The van der Waals surface area contributed by atoms with Gasteiger partial charge in [-0.3, -0.25) is 9.59 Å². The molecule has 0 aromatic heterocycles. The predicted octanol–water partition coefficient (Wildman–Crippen LogP) is 3.67. The highest BCUT2D eigenvalue weighted by atomic mass is 32.2. The molecule has 0 spiro atoms. The Hall–Kier alpha value is -2.09. The number of hydrogen-bond acceptors (Lipinski definition) is 5. The van der Waals surface area contributed by atoms with Gasteiger partial charge < -0.3 is 5.73 Å². The van der Waals surface area contributed by atoms with E-state index >= 15 is 0 Å². The number of carbonyl (C=O) groups excluding carboxylic acids is 2. The lowest BCUT2D eigenvalue weighted by Gasteiger charge is -2.37. The fourth-order valence-electron chi connectivity index (χ4n) is 4.29. The quantitative estimate of drug-likeness (QED) is 0.627. The smallest absolute Gasteiger partial charge is 0.244 e. The van der Waals surface area contributed by atoms with Gasteiger partial charge in [0.2, 0.25) is 21.6 Å². The average molecular weight is 445 g/mol. The Kier molecular flexibility index (Phi) is 7.29. The van der Waals surface area contributed by atoms with E-state index < -0.39 is 33.7 Å². The molecular weight excluding hydrogens is 412 g/mol. The number of ketones is 2. The van der Waals surface area contributed by atoms with Crippen LogP contribution in [0, 0.1) is 5.92 Å². The summed E-state index contributed by atoms with van der Waals surface area (Å²) in [6.45, 7) is 5.05. The van der Waals surface area contributed by atoms with Gasteiger partial charge in [0.15, 0.2) is 0 Å². The van der Waals surface area contributed by atoms with Gasteiger partial charge in [-0.2, -0.15) is 4.31 Å². The van der Waals surface area contributed by atoms with E-state index in [0.717, 1.165) is 30.0 Å². The van der Waals surface area contributed by atoms with Crippen LogP contribution in [0.5, 0.6) is 0 Å². The van der Waals surface area contributed by atoms with Crippen molar-refractivity contribution in [1.82, 2.24) is 4.31 Å². The summed E-state index contributed by atoms with van der Waals surface area (Å²) in [6, 6.07) is 10.2. The molecule has 2 aromatic carbocycles. The number of sulfonamides is 1. The van der Waals surface area contributed by atoms with Crippen LogP contribution >= 0.6 is 0 Å². The topological polar surface area (TPSA) is 97.5 Å². The molecule has 1 aliphatic rings. The Morgan fingerprint density at radius 2 is 1.55 bits per heavy atom. The number of Topliss-reactive ketones (excluding diaryl/α,β-unsaturated/α-hetero) is 2. The van der Waals surface area contributed by atoms with Gasteiger partial charge in [0, 0.05) is 6.04 Å². The summed E-state index contributed by atoms with van der Waals surface area (Å²) in [6.07, 6.45) is 4.19. The molecule has 7 heteroatoms. The molecule has 0 bridgehead atoms. The second-order valence-electron chi connectivity index (χ2n) is 8.81. The lowest BCUT2D eigenvalue weighted by Crippen LogP contribution is -2.54. The summed E-state index contributed by atoms with van der Waals surface area (Å²) in [5, 5.41) is 1.75. The van der Waals surface area contributed by atoms with Crippen molar-refractivity contribution in [2.45, 2.75) is 75.9 Å². The van der Waals surface area contributed by atoms with Gasteiger partial charge in [0.25, 0.3) is 0 Å². The molecule has 3 rings (SSSR count). The van der Waals surface area contributed by atoms with Crippen molar-refractivity contribution in [3.05, 3.63) is 42.5 Å². The zero-order valence-corrected chi connectivity index (χ0v) is 19.3. The number of nitrogens with two attached hydrogens (primary N) is 1. The van der Waals surface area contributed by atoms with Crippen molar-refractivity contribution >= 4 is 32.4 Å². The van der Waals surface area contributed by atoms with Crippen molar-refractivity contribution in [3.8, 4) is 0 Å². The van der Waals surface area contributed by atoms with Crippen LogP contribution in [0.1, 0.15) is 52.9 Å². The Bertz CT molecular complexity index is 1060. The van der Waals surface area contributed by atoms with Crippen LogP contribution < -0.4 is 5.73 Å². The first kappa shape index (κ1) is 23.6. The molecule has 31 heavy (non-hydrogen) atoms. The van der Waals surface area contributed by atoms with E-state index in [1.807, 2.05) is 24.3 Å². The maximum atomic E-state index is 13.8. The number of hydrogen-bond donors (Lipinski definition) is 1. The second-order valence-corrected chi connectivity index (χ2v) is 10.7. The van der Waals surface area contributed by atoms with E-state index in [0.29, 0.717) is 12.8 Å². The van der Waals surface area contributed by atoms with E-state index in [2.05, 4.69) is 0 Å². The molecule has 1 aliphatic carbocycles. The van der Waals surface area contributed by atoms with Gasteiger partial charge in [-0.25, -0.2) is 8.42 Å². The highest BCUT2D eigenvalue weighted by Crippen LogP contribution is 2.31. The van der Waals surface area contributed by atoms with Gasteiger partial charge in [-0.05, 0) is 48.6 Å². The second kappa shape index (κ2) is 9.59. The minimum absolute atomic E-state index is 0.136. The van der Waals surface area contributed by atoms with E-state index in [4.69, 9.17) is 5.73 Å². The molecule has 0 heterocycles. The first-order valence-electron chi connectivity index (χ1n) is 11.0. The molecule has 6 nitrogen and oxygen atoms in total. The minimum Gasteiger partial charge on any atom is -0.321 e. The summed E-state index contributed by atoms with van der Waals surface area (Å²) in [5.41, 5.74) is 5.92. The third kappa shape index (κ3) is 4.89. The molecule has 0 radical (unpaired) electrons. The zero-order valence-electron chi connectivity index (χ0n) is 18.5. The Labute approximate surface area is 184 Å². The fraction of sp³-hybridized carbons (Fsp3) is 0.500. The van der Waals surface area contributed by atoms with E-state index in [-0.39, 0.29) is 16.9 Å². The average Bonchev–Trinajstić information content (AvgIpc) is 2.77. The molecule has 168 valence electrons. The van der Waals surface area contributed by atoms with Gasteiger partial charge >= 0.3 is 0 Å². The number of nitrogens with zero attached hydrogens (tertiary/aromatic N) is 1. The normalized spacial score (nSPS) is 17.7. The fourth-order valence-corrected chi connectivity index (χ4v) is 6.17. The monoisotopic (exact) mass is 444 g/mol. The SMILES string of the molecule is CC(C)[C@H](N)C(=O)C(=O)[C@H](C)N(C1CCCCC1)S(=O)(=O)c1ccc2ccccc2c1. The summed E-state index contributed by atoms with van der Waals surface area (Å²) in [7, 11) is -4.00. The molecule has 0 unspecified atom stereocenters. The molecule has 1 saturated carbocycles. The van der Waals surface area contributed by atoms with E-state index in [1.54, 1.807) is 32.0 Å². The molecule has 2 aromatic rings. The van der Waals surface area contributed by atoms with Crippen molar-refractivity contribution in [1.29, 1.82) is 0 Å². The maximum absolute atomic E-state index is 13.8. The van der Waals surface area contributed by atoms with Gasteiger partial charge in [0.1, 0.15) is 0 Å². The van der Waals surface area contributed by atoms with E-state index in [1.165, 1.54) is 11.2 Å². The standard InChI is InChI=1S/C24H32N2O4S/c1-16(2)22(25)24(28)23(27)17(3)26(20-11-5-4-6-12-20)31(29,30)21-14-13-18-9-7-8-10-19(18)15-21/h7-10,13-17,20,22H,4-6,11-12,25H2,1-3H3/t17-,22-/m0/s1. The third-order valence-electron chi connectivity index (χ3n) is 6.26. The molecule has 1 fully saturated rings. The number of benzene rings is 2. The highest BCUT2D eigenvalue weighted by molar-refractivity contribution is 7.89. The van der Waals surface area contributed by atoms with Crippen LogP contribution in [0.4, 0.5) is 0 Å². The first-order valence-corrected chi connectivity index (χ1v) is 12.4. The van der Waals surface area contributed by atoms with Crippen LogP contribution in [-0.4, -0.2) is 42.4 Å². The number of carbonyl (C=O) groups is 2. The van der Waals surface area contributed by atoms with E-state index in [9.17, 15) is 18.0 Å². The van der Waals surface area contributed by atoms with Crippen molar-refractivity contribution in [2.24, 2.45) is 11.7 Å². The summed E-state index contributed by atoms with van der Waals surface area (Å²) >= 11 is 0. The molecule has 0 saturated heterocycles. The van der Waals surface area contributed by atoms with Crippen LogP contribution in [0.25, 0.3) is 10.8 Å². The van der Waals surface area contributed by atoms with Crippen molar-refractivity contribution in [3.63, 3.8) is 0 Å². The molecule has 0 amide bonds. The highest BCUT2D eigenvalue weighted by Gasteiger charge is 2.41. The van der Waals surface area contributed by atoms with Gasteiger partial charge in [0.05, 0.1) is 17.0 Å². The molecular formula is C24H32N2O4S. The Morgan fingerprint density at radius 1 is 0.935 bits per heavy atom. The van der Waals surface area contributed by atoms with Crippen LogP contribution in [-0.2, 0) is 19.6 Å². The zero-order chi connectivity index (χ0) is 22.8. The van der Waals surface area contributed by atoms with Crippen molar-refractivity contribution < 1.29 is 18.0 Å².